The minimum atomic E-state index is -4.76. The maximum absolute atomic E-state index is 12.2. The van der Waals surface area contributed by atoms with Gasteiger partial charge in [0.15, 0.2) is 5.25 Å². The fourth-order valence-electron chi connectivity index (χ4n) is 4.69. The number of carbonyl (C=O) groups is 2. The van der Waals surface area contributed by atoms with Crippen LogP contribution in [0.25, 0.3) is 0 Å². The molecule has 1 aromatic carbocycles. The number of esters is 2. The van der Waals surface area contributed by atoms with E-state index >= 15 is 0 Å². The molecule has 0 amide bonds. The molecule has 0 radical (unpaired) electrons. The second-order valence-corrected chi connectivity index (χ2v) is 13.8. The third-order valence-corrected chi connectivity index (χ3v) is 9.10. The van der Waals surface area contributed by atoms with Crippen LogP contribution in [0.4, 0.5) is 0 Å². The molecular weight excluding hydrogens is 623 g/mol. The number of hydrogen-bond donors (Lipinski definition) is 1. The molecule has 0 saturated carbocycles. The van der Waals surface area contributed by atoms with Crippen molar-refractivity contribution in [3.8, 4) is 0 Å². The Bertz CT molecular complexity index is 875. The summed E-state index contributed by atoms with van der Waals surface area (Å²) in [5.41, 5.74) is 0. The molecular formula is C38H69NaO7S. The first-order valence-electron chi connectivity index (χ1n) is 18.2. The number of ether oxygens (including phenoxy) is 2. The smallest absolute Gasteiger partial charge is 0.465 e. The molecule has 0 aliphatic rings. The predicted octanol–water partition coefficient (Wildman–Crippen LogP) is 7.58. The quantitative estimate of drug-likeness (QED) is 0.0370. The molecule has 1 rings (SSSR count). The molecule has 9 heteroatoms. The maximum atomic E-state index is 12.2. The first kappa shape index (κ1) is 50.4. The molecule has 0 aliphatic carbocycles. The molecule has 0 bridgehead atoms. The Kier molecular flexibility index (Phi) is 39.0. The normalized spacial score (nSPS) is 12.6. The average Bonchev–Trinajstić information content (AvgIpc) is 3.06. The van der Waals surface area contributed by atoms with E-state index in [1.54, 1.807) is 0 Å². The summed E-state index contributed by atoms with van der Waals surface area (Å²) in [4.78, 5) is 24.2. The Balaban J connectivity index is -0.000000828. The molecule has 3 atom stereocenters. The van der Waals surface area contributed by atoms with Gasteiger partial charge in [0, 0.05) is 0 Å². The Morgan fingerprint density at radius 3 is 1.38 bits per heavy atom. The van der Waals surface area contributed by atoms with E-state index in [9.17, 15) is 22.6 Å². The Hall–Kier alpha value is -0.930. The van der Waals surface area contributed by atoms with Crippen molar-refractivity contribution in [2.75, 3.05) is 13.2 Å². The van der Waals surface area contributed by atoms with E-state index in [2.05, 4.69) is 27.7 Å². The van der Waals surface area contributed by atoms with Crippen LogP contribution in [0.15, 0.2) is 36.4 Å². The minimum absolute atomic E-state index is 0. The molecule has 0 spiro atoms. The molecule has 7 nitrogen and oxygen atoms in total. The zero-order valence-corrected chi connectivity index (χ0v) is 33.9. The summed E-state index contributed by atoms with van der Waals surface area (Å²) in [6.45, 7) is 14.5. The molecule has 0 heterocycles. The van der Waals surface area contributed by atoms with Crippen molar-refractivity contribution in [1.82, 2.24) is 0 Å². The van der Waals surface area contributed by atoms with E-state index in [0.29, 0.717) is 0 Å². The van der Waals surface area contributed by atoms with Crippen LogP contribution in [0.5, 0.6) is 0 Å². The number of benzene rings is 1. The fourth-order valence-corrected chi connectivity index (χ4v) is 5.35. The average molecular weight is 693 g/mol. The first-order valence-corrected chi connectivity index (χ1v) is 19.7. The molecule has 1 N–H and O–H groups in total. The summed E-state index contributed by atoms with van der Waals surface area (Å²) < 4.78 is 42.8. The number of carbonyl (C=O) groups excluding carboxylic acids is 2. The van der Waals surface area contributed by atoms with Crippen LogP contribution < -0.4 is 29.6 Å². The van der Waals surface area contributed by atoms with E-state index < -0.39 is 33.7 Å². The van der Waals surface area contributed by atoms with Crippen molar-refractivity contribution in [2.45, 2.75) is 162 Å². The van der Waals surface area contributed by atoms with Gasteiger partial charge in [-0.3, -0.25) is 14.1 Å². The number of unbranched alkanes of at least 4 members (excludes halogenated alkanes) is 11. The van der Waals surface area contributed by atoms with Gasteiger partial charge in [-0.1, -0.05) is 167 Å². The molecule has 0 aromatic heterocycles. The standard InChI is InChI=1S/C20H38O7S.C12H25.C6H6.Na/c1-5-9-11-16(7-3)14-26-19(21)13-18(28(23,24)25)20(22)27-15-17(8-4)12-10-6-2;1-3-5-7-9-11-12-10-8-6-4-2;1-2-4-6-5-3-1;/h16-18H,5-15H2,1-4H3,(H,23,24,25);1,3-12H2,2H3;1-6H;/q;-1;;+1. The summed E-state index contributed by atoms with van der Waals surface area (Å²) in [6.07, 6.45) is 20.6. The Morgan fingerprint density at radius 2 is 1.02 bits per heavy atom. The van der Waals surface area contributed by atoms with Gasteiger partial charge in [-0.2, -0.15) is 14.8 Å². The van der Waals surface area contributed by atoms with Crippen molar-refractivity contribution in [2.24, 2.45) is 11.8 Å². The van der Waals surface area contributed by atoms with Crippen LogP contribution in [0.3, 0.4) is 0 Å². The Labute approximate surface area is 312 Å². The van der Waals surface area contributed by atoms with E-state index in [1.807, 2.05) is 50.2 Å². The Morgan fingerprint density at radius 1 is 0.638 bits per heavy atom. The topological polar surface area (TPSA) is 107 Å². The summed E-state index contributed by atoms with van der Waals surface area (Å²) in [7, 11) is -4.76. The number of hydrogen-bond acceptors (Lipinski definition) is 6. The number of rotatable bonds is 25. The third kappa shape index (κ3) is 33.3. The monoisotopic (exact) mass is 692 g/mol. The van der Waals surface area contributed by atoms with Gasteiger partial charge >= 0.3 is 41.5 Å². The van der Waals surface area contributed by atoms with E-state index in [1.165, 1.54) is 57.8 Å². The SMILES string of the molecule is CCCCC(CC)COC(=O)CC(C(=O)OCC(CC)CCCC)S(=O)(=O)O.[CH2-]CCCCCCCCCCC.[Na+].c1ccccc1. The molecule has 270 valence electrons. The van der Waals surface area contributed by atoms with E-state index in [-0.39, 0.29) is 54.6 Å². The first-order chi connectivity index (χ1) is 22.1. The van der Waals surface area contributed by atoms with Crippen LogP contribution in [0.1, 0.15) is 157 Å². The van der Waals surface area contributed by atoms with Gasteiger partial charge in [0.2, 0.25) is 0 Å². The van der Waals surface area contributed by atoms with Crippen LogP contribution in [0, 0.1) is 18.8 Å². The van der Waals surface area contributed by atoms with Gasteiger partial charge in [-0.05, 0) is 24.7 Å². The summed E-state index contributed by atoms with van der Waals surface area (Å²) >= 11 is 0. The predicted molar refractivity (Wildman–Crippen MR) is 192 cm³/mol. The summed E-state index contributed by atoms with van der Waals surface area (Å²) in [6, 6.07) is 12.0. The zero-order chi connectivity index (χ0) is 34.9. The van der Waals surface area contributed by atoms with Crippen LogP contribution >= 0.6 is 0 Å². The second kappa shape index (κ2) is 36.4. The van der Waals surface area contributed by atoms with Gasteiger partial charge in [0.25, 0.3) is 10.1 Å². The maximum Gasteiger partial charge on any atom is 1.00 e. The van der Waals surface area contributed by atoms with Gasteiger partial charge in [-0.15, -0.1) is 0 Å². The van der Waals surface area contributed by atoms with Crippen molar-refractivity contribution in [1.29, 1.82) is 0 Å². The van der Waals surface area contributed by atoms with Crippen molar-refractivity contribution in [3.63, 3.8) is 0 Å². The molecule has 0 saturated heterocycles. The zero-order valence-electron chi connectivity index (χ0n) is 31.1. The molecule has 3 unspecified atom stereocenters. The largest absolute Gasteiger partial charge is 1.00 e. The van der Waals surface area contributed by atoms with E-state index in [4.69, 9.17) is 9.47 Å². The van der Waals surface area contributed by atoms with Gasteiger partial charge in [0.1, 0.15) is 0 Å². The molecule has 47 heavy (non-hydrogen) atoms. The third-order valence-electron chi connectivity index (χ3n) is 8.02. The van der Waals surface area contributed by atoms with E-state index in [0.717, 1.165) is 57.8 Å². The minimum Gasteiger partial charge on any atom is -0.465 e. The molecule has 0 fully saturated rings. The van der Waals surface area contributed by atoms with Crippen LogP contribution in [-0.4, -0.2) is 43.4 Å². The van der Waals surface area contributed by atoms with Crippen molar-refractivity contribution < 1.29 is 61.6 Å². The molecule has 0 aliphatic heterocycles. The fraction of sp³-hybridized carbons (Fsp3) is 0.763. The van der Waals surface area contributed by atoms with Crippen LogP contribution in [0.2, 0.25) is 0 Å². The van der Waals surface area contributed by atoms with Gasteiger partial charge in [-0.25, -0.2) is 0 Å². The van der Waals surface area contributed by atoms with Gasteiger partial charge in [0.05, 0.1) is 19.6 Å². The second-order valence-electron chi connectivity index (χ2n) is 12.2. The summed E-state index contributed by atoms with van der Waals surface area (Å²) in [5, 5.41) is -1.95. The summed E-state index contributed by atoms with van der Waals surface area (Å²) in [5.74, 6) is -1.61. The van der Waals surface area contributed by atoms with Crippen LogP contribution in [-0.2, 0) is 29.2 Å². The van der Waals surface area contributed by atoms with Crippen molar-refractivity contribution >= 4 is 22.1 Å². The molecule has 1 aromatic rings. The van der Waals surface area contributed by atoms with Crippen molar-refractivity contribution in [3.05, 3.63) is 43.3 Å². The van der Waals surface area contributed by atoms with Gasteiger partial charge < -0.3 is 16.4 Å².